The van der Waals surface area contributed by atoms with Crippen molar-refractivity contribution in [3.05, 3.63) is 17.8 Å². The lowest BCUT2D eigenvalue weighted by atomic mass is 9.68. The fourth-order valence-corrected chi connectivity index (χ4v) is 2.87. The highest BCUT2D eigenvalue weighted by atomic mass is 16.4. The van der Waals surface area contributed by atoms with E-state index in [1.807, 2.05) is 11.9 Å². The van der Waals surface area contributed by atoms with Crippen molar-refractivity contribution in [1.29, 1.82) is 0 Å². The summed E-state index contributed by atoms with van der Waals surface area (Å²) in [6, 6.07) is 0.330. The first kappa shape index (κ1) is 13.5. The Balaban J connectivity index is 1.46. The number of urea groups is 1. The number of nitrogens with zero attached hydrogens (tertiary/aromatic N) is 2. The van der Waals surface area contributed by atoms with Crippen molar-refractivity contribution in [3.8, 4) is 0 Å². The predicted molar refractivity (Wildman–Crippen MR) is 75.3 cm³/mol. The lowest BCUT2D eigenvalue weighted by molar-refractivity contribution is 0.0601. The summed E-state index contributed by atoms with van der Waals surface area (Å²) in [6.45, 7) is 4.89. The van der Waals surface area contributed by atoms with Crippen LogP contribution < -0.4 is 5.32 Å². The van der Waals surface area contributed by atoms with Gasteiger partial charge >= 0.3 is 6.03 Å². The number of aromatic nitrogens is 1. The van der Waals surface area contributed by atoms with Crippen LogP contribution in [0, 0.1) is 5.41 Å². The summed E-state index contributed by atoms with van der Waals surface area (Å²) < 4.78 is 5.63. The largest absolute Gasteiger partial charge is 0.444 e. The lowest BCUT2D eigenvalue weighted by Crippen LogP contribution is -2.51. The third-order valence-corrected chi connectivity index (χ3v) is 4.36. The molecule has 5 heteroatoms. The standard InChI is InChI=1S/C15H23N3O2/c1-15(2)6-11(7-15)18(3)14(19)17-9-12-8-16-13(20-12)10-4-5-10/h8,10-11H,4-7,9H2,1-3H3,(H,17,19). The normalized spacial score (nSPS) is 21.4. The molecule has 0 bridgehead atoms. The second kappa shape index (κ2) is 4.79. The van der Waals surface area contributed by atoms with E-state index < -0.39 is 0 Å². The minimum atomic E-state index is -0.0325. The van der Waals surface area contributed by atoms with Gasteiger partial charge in [-0.05, 0) is 31.1 Å². The molecule has 0 aromatic carbocycles. The number of oxazole rings is 1. The molecule has 1 aromatic rings. The highest BCUT2D eigenvalue weighted by Gasteiger charge is 2.39. The Morgan fingerprint density at radius 1 is 1.50 bits per heavy atom. The van der Waals surface area contributed by atoms with Gasteiger partial charge in [-0.15, -0.1) is 0 Å². The molecule has 2 saturated carbocycles. The number of hydrogen-bond acceptors (Lipinski definition) is 3. The first-order chi connectivity index (χ1) is 9.44. The summed E-state index contributed by atoms with van der Waals surface area (Å²) in [7, 11) is 1.87. The topological polar surface area (TPSA) is 58.4 Å². The van der Waals surface area contributed by atoms with Gasteiger partial charge in [-0.1, -0.05) is 13.8 Å². The Hall–Kier alpha value is -1.52. The average Bonchev–Trinajstić information content (AvgIpc) is 3.11. The molecule has 0 radical (unpaired) electrons. The van der Waals surface area contributed by atoms with Crippen molar-refractivity contribution in [2.45, 2.75) is 58.0 Å². The quantitative estimate of drug-likeness (QED) is 0.920. The highest BCUT2D eigenvalue weighted by Crippen LogP contribution is 2.42. The number of carbonyl (C=O) groups excluding carboxylic acids is 1. The smallest absolute Gasteiger partial charge is 0.317 e. The molecule has 2 aliphatic carbocycles. The van der Waals surface area contributed by atoms with Gasteiger partial charge in [-0.2, -0.15) is 0 Å². The van der Waals surface area contributed by atoms with Gasteiger partial charge in [-0.25, -0.2) is 9.78 Å². The Bertz CT molecular complexity index is 497. The summed E-state index contributed by atoms with van der Waals surface area (Å²) in [5, 5.41) is 2.90. The van der Waals surface area contributed by atoms with E-state index in [0.717, 1.165) is 24.5 Å². The number of hydrogen-bond donors (Lipinski definition) is 1. The van der Waals surface area contributed by atoms with Crippen LogP contribution in [-0.2, 0) is 6.54 Å². The van der Waals surface area contributed by atoms with Gasteiger partial charge in [0.2, 0.25) is 0 Å². The molecule has 110 valence electrons. The average molecular weight is 277 g/mol. The predicted octanol–water partition coefficient (Wildman–Crippen LogP) is 2.88. The number of carbonyl (C=O) groups is 1. The van der Waals surface area contributed by atoms with E-state index in [-0.39, 0.29) is 6.03 Å². The highest BCUT2D eigenvalue weighted by molar-refractivity contribution is 5.74. The van der Waals surface area contributed by atoms with Gasteiger partial charge in [0.05, 0.1) is 12.7 Å². The molecular formula is C15H23N3O2. The van der Waals surface area contributed by atoms with Crippen LogP contribution in [0.15, 0.2) is 10.6 Å². The van der Waals surface area contributed by atoms with Gasteiger partial charge < -0.3 is 14.6 Å². The Morgan fingerprint density at radius 3 is 2.80 bits per heavy atom. The molecule has 2 amide bonds. The second-order valence-electron chi connectivity index (χ2n) is 6.93. The third kappa shape index (κ3) is 2.81. The second-order valence-corrected chi connectivity index (χ2v) is 6.93. The van der Waals surface area contributed by atoms with E-state index in [1.54, 1.807) is 6.20 Å². The maximum atomic E-state index is 12.1. The molecular weight excluding hydrogens is 254 g/mol. The zero-order valence-corrected chi connectivity index (χ0v) is 12.5. The molecule has 3 rings (SSSR count). The monoisotopic (exact) mass is 277 g/mol. The van der Waals surface area contributed by atoms with Crippen LogP contribution in [0.2, 0.25) is 0 Å². The summed E-state index contributed by atoms with van der Waals surface area (Å²) in [4.78, 5) is 18.1. The van der Waals surface area contributed by atoms with E-state index in [4.69, 9.17) is 4.42 Å². The van der Waals surface area contributed by atoms with Gasteiger partial charge in [0.1, 0.15) is 5.76 Å². The maximum absolute atomic E-state index is 12.1. The molecule has 2 aliphatic rings. The van der Waals surface area contributed by atoms with Crippen molar-refractivity contribution < 1.29 is 9.21 Å². The lowest BCUT2D eigenvalue weighted by Gasteiger charge is -2.46. The number of amides is 2. The first-order valence-corrected chi connectivity index (χ1v) is 7.40. The van der Waals surface area contributed by atoms with Crippen molar-refractivity contribution in [2.75, 3.05) is 7.05 Å². The molecule has 20 heavy (non-hydrogen) atoms. The molecule has 0 aliphatic heterocycles. The summed E-state index contributed by atoms with van der Waals surface area (Å²) in [5.41, 5.74) is 0.378. The summed E-state index contributed by atoms with van der Waals surface area (Å²) in [5.74, 6) is 2.07. The van der Waals surface area contributed by atoms with E-state index in [0.29, 0.717) is 23.9 Å². The molecule has 0 atom stereocenters. The Kier molecular flexibility index (Phi) is 3.22. The molecule has 1 N–H and O–H groups in total. The molecule has 2 fully saturated rings. The fraction of sp³-hybridized carbons (Fsp3) is 0.733. The molecule has 5 nitrogen and oxygen atoms in total. The van der Waals surface area contributed by atoms with Gasteiger partial charge in [-0.3, -0.25) is 0 Å². The van der Waals surface area contributed by atoms with Crippen LogP contribution >= 0.6 is 0 Å². The molecule has 0 saturated heterocycles. The molecule has 0 spiro atoms. The zero-order chi connectivity index (χ0) is 14.3. The molecule has 0 unspecified atom stereocenters. The SMILES string of the molecule is CN(C(=O)NCc1cnc(C2CC2)o1)C1CC(C)(C)C1. The van der Waals surface area contributed by atoms with E-state index in [1.165, 1.54) is 12.8 Å². The van der Waals surface area contributed by atoms with Gasteiger partial charge in [0, 0.05) is 19.0 Å². The van der Waals surface area contributed by atoms with Crippen LogP contribution in [-0.4, -0.2) is 29.0 Å². The minimum absolute atomic E-state index is 0.0325. The van der Waals surface area contributed by atoms with Gasteiger partial charge in [0.25, 0.3) is 0 Å². The fourth-order valence-electron chi connectivity index (χ4n) is 2.87. The number of rotatable bonds is 4. The van der Waals surface area contributed by atoms with Crippen LogP contribution in [0.5, 0.6) is 0 Å². The van der Waals surface area contributed by atoms with Crippen molar-refractivity contribution in [2.24, 2.45) is 5.41 Å². The maximum Gasteiger partial charge on any atom is 0.317 e. The summed E-state index contributed by atoms with van der Waals surface area (Å²) in [6.07, 6.45) is 6.22. The molecule has 1 heterocycles. The summed E-state index contributed by atoms with van der Waals surface area (Å²) >= 11 is 0. The van der Waals surface area contributed by atoms with Crippen LogP contribution in [0.3, 0.4) is 0 Å². The van der Waals surface area contributed by atoms with Crippen molar-refractivity contribution in [3.63, 3.8) is 0 Å². The Morgan fingerprint density at radius 2 is 2.20 bits per heavy atom. The van der Waals surface area contributed by atoms with Crippen molar-refractivity contribution >= 4 is 6.03 Å². The van der Waals surface area contributed by atoms with E-state index >= 15 is 0 Å². The van der Waals surface area contributed by atoms with Crippen LogP contribution in [0.1, 0.15) is 57.1 Å². The Labute approximate surface area is 119 Å². The van der Waals surface area contributed by atoms with Gasteiger partial charge in [0.15, 0.2) is 5.89 Å². The van der Waals surface area contributed by atoms with Crippen LogP contribution in [0.25, 0.3) is 0 Å². The molecule has 1 aromatic heterocycles. The van der Waals surface area contributed by atoms with E-state index in [2.05, 4.69) is 24.1 Å². The minimum Gasteiger partial charge on any atom is -0.444 e. The van der Waals surface area contributed by atoms with Crippen LogP contribution in [0.4, 0.5) is 4.79 Å². The van der Waals surface area contributed by atoms with Crippen molar-refractivity contribution in [1.82, 2.24) is 15.2 Å². The zero-order valence-electron chi connectivity index (χ0n) is 12.5. The number of nitrogens with one attached hydrogen (secondary N) is 1. The third-order valence-electron chi connectivity index (χ3n) is 4.36. The van der Waals surface area contributed by atoms with E-state index in [9.17, 15) is 4.79 Å². The first-order valence-electron chi connectivity index (χ1n) is 7.40.